The van der Waals surface area contributed by atoms with Crippen molar-refractivity contribution in [1.82, 2.24) is 0 Å². The van der Waals surface area contributed by atoms with E-state index in [0.717, 1.165) is 19.3 Å². The smallest absolute Gasteiger partial charge is 0.306 e. The molecule has 0 spiro atoms. The fourth-order valence-corrected chi connectivity index (χ4v) is 0.866. The summed E-state index contributed by atoms with van der Waals surface area (Å²) in [6, 6.07) is -0.414. The van der Waals surface area contributed by atoms with Crippen LogP contribution < -0.4 is 0 Å². The van der Waals surface area contributed by atoms with Crippen molar-refractivity contribution in [3.8, 4) is 0 Å². The summed E-state index contributed by atoms with van der Waals surface area (Å²) in [4.78, 5) is 24.2. The van der Waals surface area contributed by atoms with Crippen LogP contribution in [0, 0.1) is 6.61 Å². The molecule has 79 valence electrons. The van der Waals surface area contributed by atoms with Crippen LogP contribution >= 0.6 is 0 Å². The number of isocyanates is 1. The number of rotatable bonds is 7. The Morgan fingerprint density at radius 2 is 2.29 bits per heavy atom. The van der Waals surface area contributed by atoms with Crippen molar-refractivity contribution in [2.75, 3.05) is 0 Å². The zero-order valence-electron chi connectivity index (χ0n) is 8.66. The van der Waals surface area contributed by atoms with E-state index in [2.05, 4.69) is 11.9 Å². The van der Waals surface area contributed by atoms with Gasteiger partial charge < -0.3 is 4.74 Å². The molecule has 0 aliphatic carbocycles. The van der Waals surface area contributed by atoms with Gasteiger partial charge in [-0.2, -0.15) is 4.99 Å². The molecule has 0 bridgehead atoms. The third kappa shape index (κ3) is 7.50. The first-order chi connectivity index (χ1) is 6.70. The van der Waals surface area contributed by atoms with Crippen LogP contribution in [-0.2, 0) is 14.3 Å². The van der Waals surface area contributed by atoms with Crippen molar-refractivity contribution in [2.45, 2.75) is 45.6 Å². The highest BCUT2D eigenvalue weighted by molar-refractivity contribution is 5.69. The van der Waals surface area contributed by atoms with Crippen LogP contribution in [0.1, 0.15) is 39.5 Å². The van der Waals surface area contributed by atoms with Gasteiger partial charge in [0.05, 0.1) is 0 Å². The largest absolute Gasteiger partial charge is 0.456 e. The molecule has 4 heteroatoms. The van der Waals surface area contributed by atoms with Crippen molar-refractivity contribution < 1.29 is 14.3 Å². The molecule has 0 aromatic rings. The van der Waals surface area contributed by atoms with Crippen molar-refractivity contribution in [1.29, 1.82) is 0 Å². The molecular weight excluding hydrogens is 182 g/mol. The first kappa shape index (κ1) is 12.8. The standard InChI is InChI=1S/C10H16NO3/c1-3-4-5-6-10(13)14-7-9(2)11-8-12/h7,9H,3-6H2,1-2H3. The van der Waals surface area contributed by atoms with Crippen LogP contribution in [0.2, 0.25) is 0 Å². The van der Waals surface area contributed by atoms with Crippen LogP contribution in [0.5, 0.6) is 0 Å². The molecular formula is C10H16NO3. The van der Waals surface area contributed by atoms with Crippen LogP contribution in [0.25, 0.3) is 0 Å². The zero-order valence-corrected chi connectivity index (χ0v) is 8.66. The maximum Gasteiger partial charge on any atom is 0.306 e. The third-order valence-corrected chi connectivity index (χ3v) is 1.64. The lowest BCUT2D eigenvalue weighted by Gasteiger charge is -2.04. The number of ether oxygens (including phenoxy) is 1. The zero-order chi connectivity index (χ0) is 10.8. The summed E-state index contributed by atoms with van der Waals surface area (Å²) in [5.41, 5.74) is 0. The van der Waals surface area contributed by atoms with E-state index in [0.29, 0.717) is 6.42 Å². The van der Waals surface area contributed by atoms with Gasteiger partial charge in [0, 0.05) is 6.42 Å². The molecule has 0 aromatic carbocycles. The Morgan fingerprint density at radius 1 is 1.57 bits per heavy atom. The quantitative estimate of drug-likeness (QED) is 0.272. The molecule has 0 N–H and O–H groups in total. The fourth-order valence-electron chi connectivity index (χ4n) is 0.866. The highest BCUT2D eigenvalue weighted by Gasteiger charge is 2.06. The Bertz CT molecular complexity index is 209. The topological polar surface area (TPSA) is 55.7 Å². The molecule has 1 atom stereocenters. The van der Waals surface area contributed by atoms with Crippen molar-refractivity contribution in [2.24, 2.45) is 4.99 Å². The molecule has 4 nitrogen and oxygen atoms in total. The molecule has 0 amide bonds. The van der Waals surface area contributed by atoms with Gasteiger partial charge in [0.2, 0.25) is 6.08 Å². The second kappa shape index (κ2) is 8.45. The van der Waals surface area contributed by atoms with E-state index < -0.39 is 6.04 Å². The molecule has 0 rings (SSSR count). The highest BCUT2D eigenvalue weighted by atomic mass is 16.5. The van der Waals surface area contributed by atoms with E-state index in [1.165, 1.54) is 12.7 Å². The second-order valence-corrected chi connectivity index (χ2v) is 3.04. The van der Waals surface area contributed by atoms with Crippen molar-refractivity contribution in [3.05, 3.63) is 6.61 Å². The molecule has 0 aliphatic heterocycles. The van der Waals surface area contributed by atoms with Gasteiger partial charge in [0.1, 0.15) is 6.04 Å². The minimum atomic E-state index is -0.414. The molecule has 0 fully saturated rings. The van der Waals surface area contributed by atoms with Gasteiger partial charge >= 0.3 is 5.97 Å². The number of unbranched alkanes of at least 4 members (excludes halogenated alkanes) is 2. The fraction of sp³-hybridized carbons (Fsp3) is 0.700. The van der Waals surface area contributed by atoms with Crippen LogP contribution in [0.15, 0.2) is 4.99 Å². The maximum absolute atomic E-state index is 11.0. The van der Waals surface area contributed by atoms with Crippen LogP contribution in [0.3, 0.4) is 0 Å². The van der Waals surface area contributed by atoms with Gasteiger partial charge in [-0.25, -0.2) is 4.79 Å². The lowest BCUT2D eigenvalue weighted by atomic mass is 10.2. The Morgan fingerprint density at radius 3 is 2.86 bits per heavy atom. The summed E-state index contributed by atoms with van der Waals surface area (Å²) < 4.78 is 4.77. The summed E-state index contributed by atoms with van der Waals surface area (Å²) in [5.74, 6) is -0.272. The highest BCUT2D eigenvalue weighted by Crippen LogP contribution is 2.03. The molecule has 0 aliphatic rings. The summed E-state index contributed by atoms with van der Waals surface area (Å²) in [7, 11) is 0. The monoisotopic (exact) mass is 198 g/mol. The Balaban J connectivity index is 3.48. The van der Waals surface area contributed by atoms with Gasteiger partial charge in [0.25, 0.3) is 0 Å². The summed E-state index contributed by atoms with van der Waals surface area (Å²) >= 11 is 0. The van der Waals surface area contributed by atoms with Crippen LogP contribution in [-0.4, -0.2) is 18.1 Å². The molecule has 14 heavy (non-hydrogen) atoms. The molecule has 0 heterocycles. The van der Waals surface area contributed by atoms with E-state index in [1.807, 2.05) is 0 Å². The molecule has 0 aromatic heterocycles. The Kier molecular flexibility index (Phi) is 7.75. The van der Waals surface area contributed by atoms with Gasteiger partial charge in [0.15, 0.2) is 6.61 Å². The second-order valence-electron chi connectivity index (χ2n) is 3.04. The third-order valence-electron chi connectivity index (χ3n) is 1.64. The lowest BCUT2D eigenvalue weighted by Crippen LogP contribution is -2.08. The number of carbonyl (C=O) groups is 1. The van der Waals surface area contributed by atoms with E-state index in [4.69, 9.17) is 4.74 Å². The van der Waals surface area contributed by atoms with Gasteiger partial charge in [-0.3, -0.25) is 4.79 Å². The van der Waals surface area contributed by atoms with E-state index in [1.54, 1.807) is 6.92 Å². The van der Waals surface area contributed by atoms with Gasteiger partial charge in [-0.05, 0) is 13.3 Å². The first-order valence-corrected chi connectivity index (χ1v) is 4.80. The number of nitrogens with zero attached hydrogens (tertiary/aromatic N) is 1. The number of esters is 1. The average molecular weight is 198 g/mol. The van der Waals surface area contributed by atoms with E-state index >= 15 is 0 Å². The van der Waals surface area contributed by atoms with Gasteiger partial charge in [-0.1, -0.05) is 19.8 Å². The minimum absolute atomic E-state index is 0.272. The normalized spacial score (nSPS) is 11.6. The predicted octanol–water partition coefficient (Wildman–Crippen LogP) is 2.00. The van der Waals surface area contributed by atoms with Crippen molar-refractivity contribution in [3.63, 3.8) is 0 Å². The number of aliphatic imine (C=N–C) groups is 1. The molecule has 0 saturated carbocycles. The van der Waals surface area contributed by atoms with Gasteiger partial charge in [-0.15, -0.1) is 0 Å². The van der Waals surface area contributed by atoms with Crippen LogP contribution in [0.4, 0.5) is 0 Å². The average Bonchev–Trinajstić information content (AvgIpc) is 2.16. The summed E-state index contributed by atoms with van der Waals surface area (Å²) in [5, 5.41) is 0. The minimum Gasteiger partial charge on any atom is -0.456 e. The molecule has 1 unspecified atom stereocenters. The summed E-state index contributed by atoms with van der Waals surface area (Å²) in [6.07, 6.45) is 4.75. The molecule has 1 radical (unpaired) electrons. The summed E-state index contributed by atoms with van der Waals surface area (Å²) in [6.45, 7) is 4.96. The number of hydrogen-bond donors (Lipinski definition) is 0. The SMILES string of the molecule is CCCCCC(=O)O[CH]C(C)N=C=O. The number of hydrogen-bond acceptors (Lipinski definition) is 4. The Hall–Kier alpha value is -1.15. The first-order valence-electron chi connectivity index (χ1n) is 4.80. The number of carbonyl (C=O) groups excluding carboxylic acids is 2. The Labute approximate surface area is 84.4 Å². The predicted molar refractivity (Wildman–Crippen MR) is 52.1 cm³/mol. The van der Waals surface area contributed by atoms with Crippen molar-refractivity contribution >= 4 is 12.0 Å². The van der Waals surface area contributed by atoms with E-state index in [-0.39, 0.29) is 5.97 Å². The molecule has 0 saturated heterocycles. The lowest BCUT2D eigenvalue weighted by molar-refractivity contribution is -0.140. The maximum atomic E-state index is 11.0. The van der Waals surface area contributed by atoms with E-state index in [9.17, 15) is 9.59 Å².